The quantitative estimate of drug-likeness (QED) is 0.494. The molecule has 0 unspecified atom stereocenters. The van der Waals surface area contributed by atoms with E-state index in [9.17, 15) is 0 Å². The molecule has 1 aromatic heterocycles. The molecular formula is C5H7N3S. The Morgan fingerprint density at radius 3 is 3.22 bits per heavy atom. The van der Waals surface area contributed by atoms with Crippen molar-refractivity contribution in [3.8, 4) is 0 Å². The van der Waals surface area contributed by atoms with Gasteiger partial charge < -0.3 is 0 Å². The van der Waals surface area contributed by atoms with Crippen LogP contribution in [0.15, 0.2) is 18.9 Å². The van der Waals surface area contributed by atoms with Gasteiger partial charge in [-0.15, -0.1) is 6.58 Å². The monoisotopic (exact) mass is 141 g/mol. The molecular weight excluding hydrogens is 134 g/mol. The van der Waals surface area contributed by atoms with E-state index in [1.165, 1.54) is 0 Å². The Morgan fingerprint density at radius 1 is 2.00 bits per heavy atom. The van der Waals surface area contributed by atoms with Gasteiger partial charge in [0.2, 0.25) is 0 Å². The molecule has 1 rings (SSSR count). The van der Waals surface area contributed by atoms with Crippen LogP contribution >= 0.6 is 12.2 Å². The van der Waals surface area contributed by atoms with Gasteiger partial charge >= 0.3 is 0 Å². The fourth-order valence-electron chi connectivity index (χ4n) is 0.522. The normalized spacial score (nSPS) is 9.33. The number of hydrogen-bond acceptors (Lipinski definition) is 2. The summed E-state index contributed by atoms with van der Waals surface area (Å²) in [6, 6.07) is 0. The van der Waals surface area contributed by atoms with Crippen molar-refractivity contribution < 1.29 is 0 Å². The van der Waals surface area contributed by atoms with Crippen LogP contribution in [0, 0.1) is 4.64 Å². The minimum atomic E-state index is 0.650. The van der Waals surface area contributed by atoms with Crippen molar-refractivity contribution in [2.75, 3.05) is 0 Å². The summed E-state index contributed by atoms with van der Waals surface area (Å²) in [5.74, 6) is 0. The maximum atomic E-state index is 4.77. The second-order valence-electron chi connectivity index (χ2n) is 1.59. The summed E-state index contributed by atoms with van der Waals surface area (Å²) in [4.78, 5) is 1.62. The first-order chi connectivity index (χ1) is 4.33. The summed E-state index contributed by atoms with van der Waals surface area (Å²) in [7, 11) is 0. The molecule has 1 heterocycles. The Labute approximate surface area is 58.0 Å². The molecule has 3 nitrogen and oxygen atoms in total. The van der Waals surface area contributed by atoms with Gasteiger partial charge in [0.25, 0.3) is 0 Å². The number of rotatable bonds is 2. The zero-order chi connectivity index (χ0) is 6.69. The van der Waals surface area contributed by atoms with Crippen molar-refractivity contribution in [2.45, 2.75) is 6.54 Å². The highest BCUT2D eigenvalue weighted by Gasteiger charge is 1.83. The van der Waals surface area contributed by atoms with Crippen LogP contribution in [-0.2, 0) is 6.54 Å². The van der Waals surface area contributed by atoms with Crippen LogP contribution in [0.2, 0.25) is 0 Å². The highest BCUT2D eigenvalue weighted by Crippen LogP contribution is 1.81. The number of aromatic nitrogens is 3. The van der Waals surface area contributed by atoms with E-state index in [2.05, 4.69) is 16.8 Å². The van der Waals surface area contributed by atoms with E-state index in [1.807, 2.05) is 0 Å². The highest BCUT2D eigenvalue weighted by molar-refractivity contribution is 7.71. The van der Waals surface area contributed by atoms with E-state index in [0.29, 0.717) is 11.2 Å². The van der Waals surface area contributed by atoms with E-state index in [-0.39, 0.29) is 0 Å². The van der Waals surface area contributed by atoms with Crippen molar-refractivity contribution >= 4 is 12.2 Å². The third kappa shape index (κ3) is 1.50. The first kappa shape index (κ1) is 6.22. The lowest BCUT2D eigenvalue weighted by Gasteiger charge is -1.89. The molecule has 4 heteroatoms. The lowest BCUT2D eigenvalue weighted by molar-refractivity contribution is 0.601. The van der Waals surface area contributed by atoms with Gasteiger partial charge in [-0.3, -0.25) is 5.10 Å². The Bertz CT molecular complexity index is 247. The predicted octanol–water partition coefficient (Wildman–Crippen LogP) is 1.13. The molecule has 0 bridgehead atoms. The van der Waals surface area contributed by atoms with Gasteiger partial charge in [0, 0.05) is 0 Å². The topological polar surface area (TPSA) is 33.6 Å². The molecule has 0 spiro atoms. The van der Waals surface area contributed by atoms with Crippen molar-refractivity contribution in [3.63, 3.8) is 0 Å². The van der Waals surface area contributed by atoms with Crippen molar-refractivity contribution in [1.29, 1.82) is 0 Å². The standard InChI is InChI=1S/C5H7N3S/c1-2-3-8-6-4-5(9)7-8/h2,4H,1,3H2,(H,7,9). The molecule has 0 fully saturated rings. The number of allylic oxidation sites excluding steroid dienone is 1. The van der Waals surface area contributed by atoms with Crippen molar-refractivity contribution in [3.05, 3.63) is 23.5 Å². The highest BCUT2D eigenvalue weighted by atomic mass is 32.1. The summed E-state index contributed by atoms with van der Waals surface area (Å²) in [6.45, 7) is 4.23. The van der Waals surface area contributed by atoms with Gasteiger partial charge in [-0.1, -0.05) is 18.3 Å². The number of aromatic amines is 1. The molecule has 0 aromatic carbocycles. The second-order valence-corrected chi connectivity index (χ2v) is 2.03. The third-order valence-corrected chi connectivity index (χ3v) is 1.05. The SMILES string of the molecule is C=CCn1ncc(=S)[nH]1. The van der Waals surface area contributed by atoms with Gasteiger partial charge in [-0.2, -0.15) is 5.10 Å². The summed E-state index contributed by atoms with van der Waals surface area (Å²) in [5, 5.41) is 6.72. The minimum absolute atomic E-state index is 0.650. The maximum Gasteiger partial charge on any atom is 0.139 e. The number of hydrogen-bond donors (Lipinski definition) is 1. The van der Waals surface area contributed by atoms with Crippen LogP contribution in [0.3, 0.4) is 0 Å². The average Bonchev–Trinajstić information content (AvgIpc) is 2.17. The summed E-state index contributed by atoms with van der Waals surface area (Å²) >= 11 is 4.77. The van der Waals surface area contributed by atoms with Gasteiger partial charge in [0.05, 0.1) is 12.7 Å². The van der Waals surface area contributed by atoms with E-state index >= 15 is 0 Å². The first-order valence-electron chi connectivity index (χ1n) is 2.56. The zero-order valence-electron chi connectivity index (χ0n) is 4.87. The largest absolute Gasteiger partial charge is 0.270 e. The van der Waals surface area contributed by atoms with Crippen LogP contribution in [0.5, 0.6) is 0 Å². The van der Waals surface area contributed by atoms with Gasteiger partial charge in [0.1, 0.15) is 4.64 Å². The maximum absolute atomic E-state index is 4.77. The molecule has 1 aromatic rings. The fraction of sp³-hybridized carbons (Fsp3) is 0.200. The molecule has 0 saturated carbocycles. The van der Waals surface area contributed by atoms with Gasteiger partial charge in [-0.25, -0.2) is 4.80 Å². The summed E-state index contributed by atoms with van der Waals surface area (Å²) in [6.07, 6.45) is 3.34. The van der Waals surface area contributed by atoms with E-state index in [4.69, 9.17) is 12.2 Å². The van der Waals surface area contributed by atoms with E-state index in [0.717, 1.165) is 0 Å². The summed E-state index contributed by atoms with van der Waals surface area (Å²) < 4.78 is 0.650. The molecule has 0 aliphatic rings. The molecule has 1 N–H and O–H groups in total. The first-order valence-corrected chi connectivity index (χ1v) is 2.97. The smallest absolute Gasteiger partial charge is 0.139 e. The molecule has 0 aliphatic carbocycles. The molecule has 0 aliphatic heterocycles. The fourth-order valence-corrected chi connectivity index (χ4v) is 0.675. The van der Waals surface area contributed by atoms with Crippen LogP contribution in [0.1, 0.15) is 0 Å². The van der Waals surface area contributed by atoms with E-state index < -0.39 is 0 Å². The minimum Gasteiger partial charge on any atom is -0.270 e. The lowest BCUT2D eigenvalue weighted by Crippen LogP contribution is -1.98. The molecule has 0 atom stereocenters. The Balaban J connectivity index is 2.84. The number of nitrogens with one attached hydrogen (secondary N) is 1. The second kappa shape index (κ2) is 2.59. The van der Waals surface area contributed by atoms with Crippen LogP contribution in [0.25, 0.3) is 0 Å². The Kier molecular flexibility index (Phi) is 1.79. The van der Waals surface area contributed by atoms with Gasteiger partial charge in [0.15, 0.2) is 0 Å². The number of nitrogens with zero attached hydrogens (tertiary/aromatic N) is 2. The molecule has 0 amide bonds. The zero-order valence-corrected chi connectivity index (χ0v) is 5.69. The molecule has 9 heavy (non-hydrogen) atoms. The third-order valence-electron chi connectivity index (χ3n) is 0.856. The molecule has 48 valence electrons. The molecule has 0 saturated heterocycles. The Morgan fingerprint density at radius 2 is 2.78 bits per heavy atom. The lowest BCUT2D eigenvalue weighted by atomic mass is 10.7. The number of H-pyrrole nitrogens is 1. The predicted molar refractivity (Wildman–Crippen MR) is 37.6 cm³/mol. The molecule has 0 radical (unpaired) electrons. The van der Waals surface area contributed by atoms with Crippen LogP contribution in [0.4, 0.5) is 0 Å². The summed E-state index contributed by atoms with van der Waals surface area (Å²) in [5.41, 5.74) is 0. The van der Waals surface area contributed by atoms with E-state index in [1.54, 1.807) is 17.1 Å². The van der Waals surface area contributed by atoms with Crippen LogP contribution in [-0.4, -0.2) is 15.0 Å². The van der Waals surface area contributed by atoms with Crippen molar-refractivity contribution in [1.82, 2.24) is 15.0 Å². The average molecular weight is 141 g/mol. The van der Waals surface area contributed by atoms with Crippen molar-refractivity contribution in [2.24, 2.45) is 0 Å². The van der Waals surface area contributed by atoms with Crippen LogP contribution < -0.4 is 0 Å². The Hall–Kier alpha value is -0.900. The van der Waals surface area contributed by atoms with Gasteiger partial charge in [-0.05, 0) is 0 Å².